The van der Waals surface area contributed by atoms with E-state index in [4.69, 9.17) is 10.5 Å². The van der Waals surface area contributed by atoms with Gasteiger partial charge in [0, 0.05) is 12.6 Å². The summed E-state index contributed by atoms with van der Waals surface area (Å²) >= 11 is 0. The standard InChI is InChI=1S/C15H24N2O/c1-2-18-14-5-3-4-13(10-14)15(11-16)17-9-8-12-6-7-12/h3-5,10,12,15,17H,2,6-9,11,16H2,1H3. The zero-order valence-electron chi connectivity index (χ0n) is 11.2. The summed E-state index contributed by atoms with van der Waals surface area (Å²) < 4.78 is 5.53. The lowest BCUT2D eigenvalue weighted by molar-refractivity contribution is 0.339. The third-order valence-electron chi connectivity index (χ3n) is 3.45. The molecule has 1 fully saturated rings. The molecule has 1 aromatic carbocycles. The molecular formula is C15H24N2O. The number of nitrogens with one attached hydrogen (secondary N) is 1. The molecule has 18 heavy (non-hydrogen) atoms. The molecule has 0 heterocycles. The number of ether oxygens (including phenoxy) is 1. The van der Waals surface area contributed by atoms with Gasteiger partial charge in [-0.1, -0.05) is 25.0 Å². The molecule has 100 valence electrons. The minimum atomic E-state index is 0.240. The highest BCUT2D eigenvalue weighted by atomic mass is 16.5. The van der Waals surface area contributed by atoms with Crippen LogP contribution in [0.1, 0.15) is 37.8 Å². The molecule has 0 spiro atoms. The van der Waals surface area contributed by atoms with Crippen LogP contribution in [0.4, 0.5) is 0 Å². The topological polar surface area (TPSA) is 47.3 Å². The van der Waals surface area contributed by atoms with E-state index >= 15 is 0 Å². The number of hydrogen-bond acceptors (Lipinski definition) is 3. The maximum Gasteiger partial charge on any atom is 0.119 e. The molecule has 3 nitrogen and oxygen atoms in total. The van der Waals surface area contributed by atoms with Crippen molar-refractivity contribution in [1.82, 2.24) is 5.32 Å². The molecule has 1 saturated carbocycles. The van der Waals surface area contributed by atoms with Crippen molar-refractivity contribution in [3.05, 3.63) is 29.8 Å². The van der Waals surface area contributed by atoms with Gasteiger partial charge in [0.25, 0.3) is 0 Å². The van der Waals surface area contributed by atoms with E-state index in [1.165, 1.54) is 24.8 Å². The lowest BCUT2D eigenvalue weighted by Crippen LogP contribution is -2.29. The molecule has 0 aromatic heterocycles. The minimum absolute atomic E-state index is 0.240. The molecule has 0 amide bonds. The SMILES string of the molecule is CCOc1cccc(C(CN)NCCC2CC2)c1. The summed E-state index contributed by atoms with van der Waals surface area (Å²) in [6, 6.07) is 8.47. The smallest absolute Gasteiger partial charge is 0.119 e. The van der Waals surface area contributed by atoms with Crippen molar-refractivity contribution in [3.8, 4) is 5.75 Å². The van der Waals surface area contributed by atoms with E-state index in [9.17, 15) is 0 Å². The van der Waals surface area contributed by atoms with Gasteiger partial charge in [-0.25, -0.2) is 0 Å². The molecule has 1 aromatic rings. The Balaban J connectivity index is 1.89. The first-order valence-corrected chi connectivity index (χ1v) is 6.99. The summed E-state index contributed by atoms with van der Waals surface area (Å²) in [5, 5.41) is 3.55. The Labute approximate surface area is 110 Å². The fraction of sp³-hybridized carbons (Fsp3) is 0.600. The normalized spacial score (nSPS) is 16.6. The van der Waals surface area contributed by atoms with Crippen molar-refractivity contribution in [2.75, 3.05) is 19.7 Å². The zero-order chi connectivity index (χ0) is 12.8. The van der Waals surface area contributed by atoms with E-state index < -0.39 is 0 Å². The molecule has 0 saturated heterocycles. The molecule has 2 rings (SSSR count). The van der Waals surface area contributed by atoms with Crippen molar-refractivity contribution < 1.29 is 4.74 Å². The van der Waals surface area contributed by atoms with Crippen LogP contribution in [0.15, 0.2) is 24.3 Å². The summed E-state index contributed by atoms with van der Waals surface area (Å²) in [4.78, 5) is 0. The van der Waals surface area contributed by atoms with E-state index in [1.54, 1.807) is 0 Å². The summed E-state index contributed by atoms with van der Waals surface area (Å²) in [7, 11) is 0. The Morgan fingerprint density at radius 3 is 2.94 bits per heavy atom. The van der Waals surface area contributed by atoms with E-state index in [0.29, 0.717) is 13.2 Å². The molecular weight excluding hydrogens is 224 g/mol. The van der Waals surface area contributed by atoms with Gasteiger partial charge in [-0.3, -0.25) is 0 Å². The fourth-order valence-electron chi connectivity index (χ4n) is 2.19. The van der Waals surface area contributed by atoms with E-state index in [0.717, 1.165) is 18.2 Å². The third kappa shape index (κ3) is 4.00. The van der Waals surface area contributed by atoms with Gasteiger partial charge in [-0.15, -0.1) is 0 Å². The summed E-state index contributed by atoms with van der Waals surface area (Å²) in [6.45, 7) is 4.39. The fourth-order valence-corrected chi connectivity index (χ4v) is 2.19. The summed E-state index contributed by atoms with van der Waals surface area (Å²) in [5.41, 5.74) is 7.08. The summed E-state index contributed by atoms with van der Waals surface area (Å²) in [6.07, 6.45) is 4.10. The van der Waals surface area contributed by atoms with Crippen LogP contribution in [0, 0.1) is 5.92 Å². The Kier molecular flexibility index (Phi) is 5.02. The van der Waals surface area contributed by atoms with Gasteiger partial charge in [0.2, 0.25) is 0 Å². The first-order valence-electron chi connectivity index (χ1n) is 6.99. The van der Waals surface area contributed by atoms with Gasteiger partial charge < -0.3 is 15.8 Å². The predicted molar refractivity (Wildman–Crippen MR) is 74.8 cm³/mol. The second-order valence-electron chi connectivity index (χ2n) is 4.98. The number of hydrogen-bond donors (Lipinski definition) is 2. The monoisotopic (exact) mass is 248 g/mol. The van der Waals surface area contributed by atoms with Crippen LogP contribution in [0.2, 0.25) is 0 Å². The van der Waals surface area contributed by atoms with E-state index in [2.05, 4.69) is 17.4 Å². The maximum atomic E-state index is 5.86. The number of benzene rings is 1. The molecule has 1 unspecified atom stereocenters. The molecule has 0 aliphatic heterocycles. The Bertz CT molecular complexity index is 363. The van der Waals surface area contributed by atoms with Gasteiger partial charge in [0.05, 0.1) is 6.61 Å². The van der Waals surface area contributed by atoms with Crippen molar-refractivity contribution in [3.63, 3.8) is 0 Å². The molecule has 0 bridgehead atoms. The largest absolute Gasteiger partial charge is 0.494 e. The van der Waals surface area contributed by atoms with Gasteiger partial charge >= 0.3 is 0 Å². The van der Waals surface area contributed by atoms with Gasteiger partial charge in [-0.2, -0.15) is 0 Å². The van der Waals surface area contributed by atoms with Crippen molar-refractivity contribution in [2.24, 2.45) is 11.7 Å². The molecule has 1 aliphatic carbocycles. The minimum Gasteiger partial charge on any atom is -0.494 e. The highest BCUT2D eigenvalue weighted by Crippen LogP contribution is 2.32. The molecule has 1 atom stereocenters. The Hall–Kier alpha value is -1.06. The van der Waals surface area contributed by atoms with Crippen LogP contribution in [-0.4, -0.2) is 19.7 Å². The second kappa shape index (κ2) is 6.76. The highest BCUT2D eigenvalue weighted by Gasteiger charge is 2.21. The van der Waals surface area contributed by atoms with Crippen LogP contribution >= 0.6 is 0 Å². The van der Waals surface area contributed by atoms with Crippen LogP contribution < -0.4 is 15.8 Å². The third-order valence-corrected chi connectivity index (χ3v) is 3.45. The Morgan fingerprint density at radius 2 is 2.28 bits per heavy atom. The van der Waals surface area contributed by atoms with Crippen LogP contribution in [0.3, 0.4) is 0 Å². The highest BCUT2D eigenvalue weighted by molar-refractivity contribution is 5.30. The van der Waals surface area contributed by atoms with E-state index in [-0.39, 0.29) is 6.04 Å². The average molecular weight is 248 g/mol. The second-order valence-corrected chi connectivity index (χ2v) is 4.98. The predicted octanol–water partition coefficient (Wildman–Crippen LogP) is 2.47. The van der Waals surface area contributed by atoms with Gasteiger partial charge in [-0.05, 0) is 43.5 Å². The quantitative estimate of drug-likeness (QED) is 0.743. The van der Waals surface area contributed by atoms with Crippen LogP contribution in [0.25, 0.3) is 0 Å². The zero-order valence-corrected chi connectivity index (χ0v) is 11.2. The molecule has 3 N–H and O–H groups in total. The van der Waals surface area contributed by atoms with Gasteiger partial charge in [0.15, 0.2) is 0 Å². The number of rotatable bonds is 8. The van der Waals surface area contributed by atoms with E-state index in [1.807, 2.05) is 19.1 Å². The van der Waals surface area contributed by atoms with Crippen molar-refractivity contribution in [2.45, 2.75) is 32.2 Å². The lowest BCUT2D eigenvalue weighted by Gasteiger charge is -2.18. The maximum absolute atomic E-state index is 5.86. The average Bonchev–Trinajstić information content (AvgIpc) is 3.19. The van der Waals surface area contributed by atoms with Crippen molar-refractivity contribution >= 4 is 0 Å². The number of nitrogens with two attached hydrogens (primary N) is 1. The molecule has 0 radical (unpaired) electrons. The Morgan fingerprint density at radius 1 is 1.44 bits per heavy atom. The first-order chi connectivity index (χ1) is 8.83. The van der Waals surface area contributed by atoms with Crippen LogP contribution in [-0.2, 0) is 0 Å². The molecule has 3 heteroatoms. The first kappa shape index (κ1) is 13.4. The van der Waals surface area contributed by atoms with Crippen molar-refractivity contribution in [1.29, 1.82) is 0 Å². The molecule has 1 aliphatic rings. The lowest BCUT2D eigenvalue weighted by atomic mass is 10.1. The van der Waals surface area contributed by atoms with Crippen LogP contribution in [0.5, 0.6) is 5.75 Å². The summed E-state index contributed by atoms with van der Waals surface area (Å²) in [5.74, 6) is 1.89. The van der Waals surface area contributed by atoms with Gasteiger partial charge in [0.1, 0.15) is 5.75 Å².